The molecule has 0 aliphatic rings. The van der Waals surface area contributed by atoms with E-state index in [1.165, 1.54) is 4.90 Å². The topological polar surface area (TPSA) is 76.1 Å². The molecule has 1 aromatic rings. The average molecular weight is 295 g/mol. The minimum Gasteiger partial charge on any atom is -0.482 e. The number of anilines is 1. The number of hydrogen-bond donors (Lipinski definition) is 1. The van der Waals surface area contributed by atoms with E-state index in [2.05, 4.69) is 6.92 Å². The molecule has 0 heterocycles. The molecule has 116 valence electrons. The highest BCUT2D eigenvalue weighted by Crippen LogP contribution is 2.18. The molecule has 0 aliphatic heterocycles. The highest BCUT2D eigenvalue weighted by Gasteiger charge is 2.11. The van der Waals surface area contributed by atoms with E-state index >= 15 is 0 Å². The van der Waals surface area contributed by atoms with Crippen LogP contribution in [0.3, 0.4) is 0 Å². The Morgan fingerprint density at radius 1 is 1.19 bits per heavy atom. The molecule has 0 unspecified atom stereocenters. The van der Waals surface area contributed by atoms with E-state index in [9.17, 15) is 9.59 Å². The van der Waals surface area contributed by atoms with Gasteiger partial charge in [-0.3, -0.25) is 4.79 Å². The van der Waals surface area contributed by atoms with Crippen LogP contribution in [0.4, 0.5) is 5.69 Å². The normalized spacial score (nSPS) is 10.2. The van der Waals surface area contributed by atoms with Crippen molar-refractivity contribution in [1.82, 2.24) is 0 Å². The number of carbonyl (C=O) groups is 2. The fraction of sp³-hybridized carbons (Fsp3) is 0.467. The van der Waals surface area contributed by atoms with Crippen molar-refractivity contribution in [2.45, 2.75) is 19.8 Å². The summed E-state index contributed by atoms with van der Waals surface area (Å²) < 4.78 is 10.3. The van der Waals surface area contributed by atoms with Crippen molar-refractivity contribution in [1.29, 1.82) is 0 Å². The van der Waals surface area contributed by atoms with Crippen molar-refractivity contribution in [2.24, 2.45) is 0 Å². The van der Waals surface area contributed by atoms with Gasteiger partial charge in [-0.25, -0.2) is 4.79 Å². The van der Waals surface area contributed by atoms with Crippen LogP contribution in [0.25, 0.3) is 0 Å². The Morgan fingerprint density at radius 3 is 2.43 bits per heavy atom. The van der Waals surface area contributed by atoms with Crippen LogP contribution < -0.4 is 9.64 Å². The zero-order chi connectivity index (χ0) is 15.7. The summed E-state index contributed by atoms with van der Waals surface area (Å²) in [7, 11) is 1.67. The highest BCUT2D eigenvalue weighted by molar-refractivity contribution is 5.93. The van der Waals surface area contributed by atoms with Gasteiger partial charge in [-0.15, -0.1) is 0 Å². The molecule has 1 aromatic carbocycles. The summed E-state index contributed by atoms with van der Waals surface area (Å²) in [5, 5.41) is 8.52. The number of amides is 1. The number of nitrogens with zero attached hydrogens (tertiary/aromatic N) is 1. The first-order valence-electron chi connectivity index (χ1n) is 6.83. The van der Waals surface area contributed by atoms with E-state index in [-0.39, 0.29) is 19.1 Å². The Hall–Kier alpha value is -2.08. The van der Waals surface area contributed by atoms with E-state index in [1.54, 1.807) is 31.3 Å². The molecule has 0 aromatic heterocycles. The van der Waals surface area contributed by atoms with Gasteiger partial charge in [-0.05, 0) is 30.7 Å². The lowest BCUT2D eigenvalue weighted by Gasteiger charge is -2.17. The van der Waals surface area contributed by atoms with E-state index in [0.29, 0.717) is 18.0 Å². The maximum atomic E-state index is 11.9. The van der Waals surface area contributed by atoms with Crippen molar-refractivity contribution >= 4 is 17.6 Å². The lowest BCUT2D eigenvalue weighted by molar-refractivity contribution is -0.139. The molecule has 21 heavy (non-hydrogen) atoms. The molecule has 0 spiro atoms. The number of carbonyl (C=O) groups excluding carboxylic acids is 1. The van der Waals surface area contributed by atoms with Crippen LogP contribution in [0.1, 0.15) is 19.8 Å². The van der Waals surface area contributed by atoms with Gasteiger partial charge in [0.25, 0.3) is 5.91 Å². The van der Waals surface area contributed by atoms with Gasteiger partial charge >= 0.3 is 5.97 Å². The fourth-order valence-corrected chi connectivity index (χ4v) is 1.56. The van der Waals surface area contributed by atoms with Crippen molar-refractivity contribution in [3.05, 3.63) is 24.3 Å². The molecular formula is C15H21NO5. The van der Waals surface area contributed by atoms with Crippen molar-refractivity contribution in [2.75, 3.05) is 31.8 Å². The highest BCUT2D eigenvalue weighted by atomic mass is 16.5. The third-order valence-corrected chi connectivity index (χ3v) is 2.83. The Labute approximate surface area is 124 Å². The SMILES string of the molecule is CCCCOCC(=O)N(C)c1ccc(OCC(=O)O)cc1. The first-order valence-corrected chi connectivity index (χ1v) is 6.83. The van der Waals surface area contributed by atoms with Crippen LogP contribution in [-0.4, -0.2) is 43.9 Å². The van der Waals surface area contributed by atoms with Crippen LogP contribution in [0.2, 0.25) is 0 Å². The first kappa shape index (κ1) is 17.0. The molecule has 6 heteroatoms. The van der Waals surface area contributed by atoms with Gasteiger partial charge in [-0.2, -0.15) is 0 Å². The largest absolute Gasteiger partial charge is 0.482 e. The molecule has 1 amide bonds. The molecule has 0 radical (unpaired) electrons. The molecule has 1 rings (SSSR count). The van der Waals surface area contributed by atoms with E-state index in [4.69, 9.17) is 14.6 Å². The summed E-state index contributed by atoms with van der Waals surface area (Å²) >= 11 is 0. The summed E-state index contributed by atoms with van der Waals surface area (Å²) in [5.74, 6) is -0.720. The second-order valence-electron chi connectivity index (χ2n) is 4.54. The Morgan fingerprint density at radius 2 is 1.86 bits per heavy atom. The molecule has 0 fully saturated rings. The maximum absolute atomic E-state index is 11.9. The lowest BCUT2D eigenvalue weighted by atomic mass is 10.3. The number of unbranched alkanes of at least 4 members (excludes halogenated alkanes) is 1. The lowest BCUT2D eigenvalue weighted by Crippen LogP contribution is -2.30. The number of carboxylic acids is 1. The summed E-state index contributed by atoms with van der Waals surface area (Å²) in [6, 6.07) is 6.64. The van der Waals surface area contributed by atoms with Crippen molar-refractivity contribution < 1.29 is 24.2 Å². The van der Waals surface area contributed by atoms with Crippen molar-refractivity contribution in [3.63, 3.8) is 0 Å². The number of hydrogen-bond acceptors (Lipinski definition) is 4. The van der Waals surface area contributed by atoms with Crippen LogP contribution in [0, 0.1) is 0 Å². The summed E-state index contributed by atoms with van der Waals surface area (Å²) in [5.41, 5.74) is 0.696. The van der Waals surface area contributed by atoms with Gasteiger partial charge in [-0.1, -0.05) is 13.3 Å². The van der Waals surface area contributed by atoms with Gasteiger partial charge < -0.3 is 19.5 Å². The minimum atomic E-state index is -1.03. The number of aliphatic carboxylic acids is 1. The van der Waals surface area contributed by atoms with Gasteiger partial charge in [0.15, 0.2) is 6.61 Å². The monoisotopic (exact) mass is 295 g/mol. The van der Waals surface area contributed by atoms with E-state index in [1.807, 2.05) is 0 Å². The number of carboxylic acid groups (broad SMARTS) is 1. The van der Waals surface area contributed by atoms with Crippen LogP contribution in [-0.2, 0) is 14.3 Å². The molecule has 0 bridgehead atoms. The zero-order valence-electron chi connectivity index (χ0n) is 12.4. The van der Waals surface area contributed by atoms with Gasteiger partial charge in [0.05, 0.1) is 0 Å². The number of ether oxygens (including phenoxy) is 2. The number of rotatable bonds is 9. The van der Waals surface area contributed by atoms with Crippen LogP contribution in [0.5, 0.6) is 5.75 Å². The Kier molecular flexibility index (Phi) is 7.25. The molecule has 0 aliphatic carbocycles. The Bertz CT molecular complexity index is 458. The summed E-state index contributed by atoms with van der Waals surface area (Å²) in [4.78, 5) is 23.8. The standard InChI is InChI=1S/C15H21NO5/c1-3-4-9-20-10-14(17)16(2)12-5-7-13(8-6-12)21-11-15(18)19/h5-8H,3-4,9-11H2,1-2H3,(H,18,19). The van der Waals surface area contributed by atoms with Gasteiger partial charge in [0.1, 0.15) is 12.4 Å². The zero-order valence-corrected chi connectivity index (χ0v) is 12.4. The van der Waals surface area contributed by atoms with Gasteiger partial charge in [0, 0.05) is 19.3 Å². The Balaban J connectivity index is 2.48. The molecule has 6 nitrogen and oxygen atoms in total. The smallest absolute Gasteiger partial charge is 0.341 e. The molecular weight excluding hydrogens is 274 g/mol. The minimum absolute atomic E-state index is 0.0494. The fourth-order valence-electron chi connectivity index (χ4n) is 1.56. The van der Waals surface area contributed by atoms with Crippen LogP contribution >= 0.6 is 0 Å². The third kappa shape index (κ3) is 6.27. The summed E-state index contributed by atoms with van der Waals surface area (Å²) in [6.07, 6.45) is 1.97. The predicted molar refractivity (Wildman–Crippen MR) is 78.7 cm³/mol. The van der Waals surface area contributed by atoms with E-state index < -0.39 is 5.97 Å². The quantitative estimate of drug-likeness (QED) is 0.704. The van der Waals surface area contributed by atoms with Crippen LogP contribution in [0.15, 0.2) is 24.3 Å². The average Bonchev–Trinajstić information content (AvgIpc) is 2.49. The first-order chi connectivity index (χ1) is 10.0. The van der Waals surface area contributed by atoms with Crippen molar-refractivity contribution in [3.8, 4) is 5.75 Å². The second kappa shape index (κ2) is 8.97. The molecule has 0 atom stereocenters. The second-order valence-corrected chi connectivity index (χ2v) is 4.54. The third-order valence-electron chi connectivity index (χ3n) is 2.83. The summed E-state index contributed by atoms with van der Waals surface area (Å²) in [6.45, 7) is 2.30. The maximum Gasteiger partial charge on any atom is 0.341 e. The molecule has 1 N–H and O–H groups in total. The number of likely N-dealkylation sites (N-methyl/N-ethyl adjacent to an activating group) is 1. The number of benzene rings is 1. The van der Waals surface area contributed by atoms with E-state index in [0.717, 1.165) is 12.8 Å². The molecule has 0 saturated carbocycles. The van der Waals surface area contributed by atoms with Gasteiger partial charge in [0.2, 0.25) is 0 Å². The molecule has 0 saturated heterocycles. The predicted octanol–water partition coefficient (Wildman–Crippen LogP) is 1.93.